The zero-order valence-corrected chi connectivity index (χ0v) is 25.5. The number of anilines is 2. The summed E-state index contributed by atoms with van der Waals surface area (Å²) in [6, 6.07) is 0. The second-order valence-electron chi connectivity index (χ2n) is 9.64. The molecule has 2 fully saturated rings. The van der Waals surface area contributed by atoms with E-state index in [1.807, 2.05) is 0 Å². The molecule has 6 heterocycles. The van der Waals surface area contributed by atoms with Crippen LogP contribution in [-0.2, 0) is 32.2 Å². The van der Waals surface area contributed by atoms with Crippen LogP contribution in [-0.4, -0.2) is 81.8 Å². The fourth-order valence-electron chi connectivity index (χ4n) is 5.05. The highest BCUT2D eigenvalue weighted by Crippen LogP contribution is 2.57. The second-order valence-corrected chi connectivity index (χ2v) is 14.4. The number of rotatable bonds is 10. The molecule has 6 N–H and O–H groups in total. The van der Waals surface area contributed by atoms with Crippen LogP contribution in [0.5, 0.6) is 0 Å². The highest BCUT2D eigenvalue weighted by Gasteiger charge is 2.44. The van der Waals surface area contributed by atoms with Crippen LogP contribution in [0.4, 0.5) is 11.8 Å². The lowest BCUT2D eigenvalue weighted by molar-refractivity contribution is -0.0476. The van der Waals surface area contributed by atoms with Crippen molar-refractivity contribution < 1.29 is 37.3 Å². The third-order valence-electron chi connectivity index (χ3n) is 6.88. The number of H-pyrrole nitrogens is 1. The van der Waals surface area contributed by atoms with E-state index in [4.69, 9.17) is 34.5 Å². The number of aromatic amines is 1. The second kappa shape index (κ2) is 12.1. The monoisotopic (exact) mass is 676 g/mol. The SMILES string of the molecule is Nc1nc2c(ncn2[C@@H]2O[C@H](CO)C[C@H]2OP(=O)(S)OC[C@H]2O[C@@H](c3cnc4c(N)ncnn34)C[C@@H]2O[PH](=O)S)c(=O)[nH]1. The van der Waals surface area contributed by atoms with Gasteiger partial charge in [-0.1, -0.05) is 24.5 Å². The summed E-state index contributed by atoms with van der Waals surface area (Å²) in [4.78, 5) is 30.9. The highest BCUT2D eigenvalue weighted by atomic mass is 32.7. The lowest BCUT2D eigenvalue weighted by Crippen LogP contribution is -2.27. The van der Waals surface area contributed by atoms with Crippen molar-refractivity contribution in [2.45, 2.75) is 49.6 Å². The largest absolute Gasteiger partial charge is 0.394 e. The molecule has 0 spiro atoms. The average Bonchev–Trinajstić information content (AvgIpc) is 3.72. The van der Waals surface area contributed by atoms with Gasteiger partial charge in [-0.15, -0.1) is 0 Å². The Labute approximate surface area is 252 Å². The Balaban J connectivity index is 1.18. The maximum atomic E-state index is 13.4. The number of aromatic nitrogens is 8. The van der Waals surface area contributed by atoms with Gasteiger partial charge in [0.25, 0.3) is 5.56 Å². The van der Waals surface area contributed by atoms with Crippen molar-refractivity contribution in [2.24, 2.45) is 0 Å². The van der Waals surface area contributed by atoms with Gasteiger partial charge < -0.3 is 30.6 Å². The van der Waals surface area contributed by atoms with E-state index in [2.05, 4.69) is 54.5 Å². The number of thiol groups is 2. The molecule has 2 aliphatic heterocycles. The molecule has 43 heavy (non-hydrogen) atoms. The molecule has 0 radical (unpaired) electrons. The molecule has 232 valence electrons. The summed E-state index contributed by atoms with van der Waals surface area (Å²) < 4.78 is 57.0. The van der Waals surface area contributed by atoms with Crippen LogP contribution >= 0.6 is 38.5 Å². The summed E-state index contributed by atoms with van der Waals surface area (Å²) in [5.41, 5.74) is 12.0. The van der Waals surface area contributed by atoms with Gasteiger partial charge in [0.15, 0.2) is 28.9 Å². The fraction of sp³-hybridized carbons (Fsp3) is 0.500. The van der Waals surface area contributed by atoms with Gasteiger partial charge in [-0.05, 0) is 0 Å². The van der Waals surface area contributed by atoms with Crippen LogP contribution in [0.15, 0.2) is 23.6 Å². The van der Waals surface area contributed by atoms with E-state index < -0.39 is 56.3 Å². The van der Waals surface area contributed by atoms with E-state index in [0.717, 1.165) is 0 Å². The zero-order valence-electron chi connectivity index (χ0n) is 21.9. The highest BCUT2D eigenvalue weighted by molar-refractivity contribution is 8.44. The van der Waals surface area contributed by atoms with Gasteiger partial charge in [-0.3, -0.25) is 28.0 Å². The summed E-state index contributed by atoms with van der Waals surface area (Å²) >= 11 is 8.04. The molecule has 2 aliphatic rings. The number of ether oxygens (including phenoxy) is 2. The molecule has 0 amide bonds. The summed E-state index contributed by atoms with van der Waals surface area (Å²) in [6.07, 6.45) is -0.528. The van der Waals surface area contributed by atoms with Gasteiger partial charge in [0.2, 0.25) is 13.2 Å². The molecule has 2 unspecified atom stereocenters. The molecular weight excluding hydrogens is 650 g/mol. The van der Waals surface area contributed by atoms with E-state index in [1.54, 1.807) is 0 Å². The molecule has 8 atom stereocenters. The molecule has 0 aromatic carbocycles. The topological polar surface area (TPSA) is 259 Å². The molecular formula is C20H26N10O9P2S2. The predicted molar refractivity (Wildman–Crippen MR) is 156 cm³/mol. The number of nitrogens with one attached hydrogen (secondary N) is 1. The fourth-order valence-corrected chi connectivity index (χ4v) is 7.46. The quantitative estimate of drug-likeness (QED) is 0.0996. The number of aliphatic hydroxyl groups is 1. The van der Waals surface area contributed by atoms with Crippen LogP contribution in [0, 0.1) is 0 Å². The first-order valence-electron chi connectivity index (χ1n) is 12.7. The first kappa shape index (κ1) is 30.4. The Hall–Kier alpha value is -2.58. The van der Waals surface area contributed by atoms with E-state index in [0.29, 0.717) is 11.3 Å². The van der Waals surface area contributed by atoms with Crippen LogP contribution in [0.2, 0.25) is 0 Å². The smallest absolute Gasteiger partial charge is 0.386 e. The first-order valence-corrected chi connectivity index (χ1v) is 18.0. The molecule has 2 saturated heterocycles. The van der Waals surface area contributed by atoms with E-state index in [-0.39, 0.29) is 49.0 Å². The molecule has 23 heteroatoms. The summed E-state index contributed by atoms with van der Waals surface area (Å²) in [5.74, 6) is 0.0276. The van der Waals surface area contributed by atoms with Crippen LogP contribution in [0.1, 0.15) is 30.9 Å². The number of imidazole rings is 2. The van der Waals surface area contributed by atoms with Crippen molar-refractivity contribution in [3.8, 4) is 0 Å². The Kier molecular flexibility index (Phi) is 8.55. The van der Waals surface area contributed by atoms with Crippen LogP contribution < -0.4 is 17.0 Å². The average molecular weight is 677 g/mol. The Morgan fingerprint density at radius 2 is 2.02 bits per heavy atom. The summed E-state index contributed by atoms with van der Waals surface area (Å²) in [5, 5.41) is 13.9. The van der Waals surface area contributed by atoms with Crippen LogP contribution in [0.3, 0.4) is 0 Å². The third kappa shape index (κ3) is 6.19. The van der Waals surface area contributed by atoms with E-state index in [1.165, 1.54) is 27.9 Å². The van der Waals surface area contributed by atoms with Gasteiger partial charge in [0.1, 0.15) is 24.6 Å². The minimum Gasteiger partial charge on any atom is -0.394 e. The number of hydrogen-bond donors (Lipinski definition) is 6. The van der Waals surface area contributed by atoms with E-state index in [9.17, 15) is 19.0 Å². The van der Waals surface area contributed by atoms with Crippen molar-refractivity contribution in [3.05, 3.63) is 34.9 Å². The van der Waals surface area contributed by atoms with Gasteiger partial charge >= 0.3 is 6.80 Å². The van der Waals surface area contributed by atoms with Gasteiger partial charge in [0, 0.05) is 12.8 Å². The number of nitrogens with two attached hydrogens (primary N) is 2. The van der Waals surface area contributed by atoms with Gasteiger partial charge in [0.05, 0.1) is 43.6 Å². The van der Waals surface area contributed by atoms with Crippen molar-refractivity contribution in [1.82, 2.24) is 39.1 Å². The number of aliphatic hydroxyl groups excluding tert-OH is 1. The van der Waals surface area contributed by atoms with Gasteiger partial charge in [-0.2, -0.15) is 10.1 Å². The third-order valence-corrected chi connectivity index (χ3v) is 9.35. The van der Waals surface area contributed by atoms with Crippen molar-refractivity contribution in [3.63, 3.8) is 0 Å². The number of fused-ring (bicyclic) bond motifs is 2. The van der Waals surface area contributed by atoms with Crippen molar-refractivity contribution in [2.75, 3.05) is 24.7 Å². The minimum atomic E-state index is -4.13. The molecule has 0 saturated carbocycles. The number of nitrogen functional groups attached to an aromatic ring is 2. The maximum Gasteiger partial charge on any atom is 0.386 e. The Bertz CT molecular complexity index is 1790. The predicted octanol–water partition coefficient (Wildman–Crippen LogP) is 0.676. The summed E-state index contributed by atoms with van der Waals surface area (Å²) in [7, 11) is -2.69. The molecule has 4 aromatic heterocycles. The van der Waals surface area contributed by atoms with Crippen molar-refractivity contribution >= 4 is 67.1 Å². The zero-order chi connectivity index (χ0) is 30.5. The molecule has 19 nitrogen and oxygen atoms in total. The molecule has 6 rings (SSSR count). The maximum absolute atomic E-state index is 13.4. The number of nitrogens with zero attached hydrogens (tertiary/aromatic N) is 7. The van der Waals surface area contributed by atoms with E-state index >= 15 is 0 Å². The van der Waals surface area contributed by atoms with Gasteiger partial charge in [-0.25, -0.2) is 24.0 Å². The Morgan fingerprint density at radius 3 is 2.79 bits per heavy atom. The lowest BCUT2D eigenvalue weighted by atomic mass is 10.1. The minimum absolute atomic E-state index is 0.00290. The number of hydrogen-bond acceptors (Lipinski definition) is 16. The lowest BCUT2D eigenvalue weighted by Gasteiger charge is -2.24. The standard InChI is InChI=1S/C20H26N10O9P2S2/c21-15-17-23-3-9(30(17)26-6-24-15)10-2-11(38-40(33)42)13(37-10)5-35-41(34,43)39-12-1-8(4-31)36-19(12)29-7-25-14-16(29)27-20(22)28-18(14)32/h3,6-8,10-13,19,31,40H,1-2,4-5H2,(H,33,42)(H,34,43)(H2,21,24,26)(H3,22,27,28,32)/t8-,10+,11-,12+,13+,19+,41?/m0/s1. The van der Waals surface area contributed by atoms with Crippen LogP contribution in [0.25, 0.3) is 16.8 Å². The summed E-state index contributed by atoms with van der Waals surface area (Å²) in [6.45, 7) is -4.83. The van der Waals surface area contributed by atoms with Crippen molar-refractivity contribution in [1.29, 1.82) is 0 Å². The normalized spacial score (nSPS) is 28.1. The molecule has 0 bridgehead atoms. The molecule has 4 aromatic rings. The molecule has 0 aliphatic carbocycles. The Morgan fingerprint density at radius 1 is 1.21 bits per heavy atom. The first-order chi connectivity index (χ1) is 20.5.